The van der Waals surface area contributed by atoms with E-state index in [4.69, 9.17) is 0 Å². The van der Waals surface area contributed by atoms with Gasteiger partial charge in [0.05, 0.1) is 5.69 Å². The Morgan fingerprint density at radius 2 is 2.08 bits per heavy atom. The molecular weight excluding hydrogens is 318 g/mol. The maximum atomic E-state index is 12.3. The molecule has 1 saturated heterocycles. The van der Waals surface area contributed by atoms with Gasteiger partial charge in [0.15, 0.2) is 0 Å². The summed E-state index contributed by atoms with van der Waals surface area (Å²) in [6.07, 6.45) is 5.44. The van der Waals surface area contributed by atoms with Gasteiger partial charge >= 0.3 is 6.03 Å². The number of nitrogens with one attached hydrogen (secondary N) is 2. The molecule has 1 aromatic carbocycles. The van der Waals surface area contributed by atoms with Crippen molar-refractivity contribution in [3.05, 3.63) is 48.3 Å². The van der Waals surface area contributed by atoms with E-state index in [9.17, 15) is 9.59 Å². The predicted molar refractivity (Wildman–Crippen MR) is 94.2 cm³/mol. The van der Waals surface area contributed by atoms with Gasteiger partial charge in [-0.2, -0.15) is 5.10 Å². The first-order chi connectivity index (χ1) is 12.1. The lowest BCUT2D eigenvalue weighted by atomic mass is 10.1. The van der Waals surface area contributed by atoms with E-state index in [1.807, 2.05) is 36.5 Å². The molecule has 0 saturated carbocycles. The van der Waals surface area contributed by atoms with Crippen molar-refractivity contribution in [1.29, 1.82) is 0 Å². The van der Waals surface area contributed by atoms with Crippen LogP contribution in [0.2, 0.25) is 0 Å². The van der Waals surface area contributed by atoms with Crippen LogP contribution in [0, 0.1) is 0 Å². The molecule has 0 spiro atoms. The van der Waals surface area contributed by atoms with Crippen LogP contribution in [-0.4, -0.2) is 45.8 Å². The normalized spacial score (nSPS) is 17.2. The molecule has 0 bridgehead atoms. The lowest BCUT2D eigenvalue weighted by Crippen LogP contribution is -2.51. The number of piperidine rings is 1. The molecule has 1 aliphatic rings. The van der Waals surface area contributed by atoms with Crippen LogP contribution >= 0.6 is 0 Å². The molecule has 132 valence electrons. The molecule has 1 atom stereocenters. The van der Waals surface area contributed by atoms with Crippen molar-refractivity contribution in [3.8, 4) is 5.69 Å². The molecule has 2 N–H and O–H groups in total. The molecular formula is C18H23N5O2. The van der Waals surface area contributed by atoms with Crippen molar-refractivity contribution in [3.63, 3.8) is 0 Å². The Labute approximate surface area is 147 Å². The summed E-state index contributed by atoms with van der Waals surface area (Å²) in [5.41, 5.74) is 2.01. The first-order valence-electron chi connectivity index (χ1n) is 8.50. The van der Waals surface area contributed by atoms with Crippen LogP contribution in [-0.2, 0) is 11.3 Å². The van der Waals surface area contributed by atoms with E-state index in [0.29, 0.717) is 13.1 Å². The van der Waals surface area contributed by atoms with E-state index >= 15 is 0 Å². The fraction of sp³-hybridized carbons (Fsp3) is 0.389. The first kappa shape index (κ1) is 17.0. The van der Waals surface area contributed by atoms with Crippen LogP contribution in [0.4, 0.5) is 4.79 Å². The summed E-state index contributed by atoms with van der Waals surface area (Å²) in [5, 5.41) is 10.0. The van der Waals surface area contributed by atoms with Gasteiger partial charge in [-0.05, 0) is 36.6 Å². The maximum Gasteiger partial charge on any atom is 0.317 e. The van der Waals surface area contributed by atoms with Crippen LogP contribution in [0.15, 0.2) is 42.7 Å². The molecule has 1 aromatic heterocycles. The Hall–Kier alpha value is -2.83. The molecule has 25 heavy (non-hydrogen) atoms. The van der Waals surface area contributed by atoms with Gasteiger partial charge in [0.25, 0.3) is 0 Å². The number of carbonyl (C=O) groups is 2. The lowest BCUT2D eigenvalue weighted by Gasteiger charge is -2.33. The largest absolute Gasteiger partial charge is 0.352 e. The minimum Gasteiger partial charge on any atom is -0.352 e. The number of hydrogen-bond donors (Lipinski definition) is 2. The molecule has 7 nitrogen and oxygen atoms in total. The fourth-order valence-electron chi connectivity index (χ4n) is 3.04. The van der Waals surface area contributed by atoms with Crippen molar-refractivity contribution >= 4 is 11.9 Å². The van der Waals surface area contributed by atoms with Gasteiger partial charge < -0.3 is 15.5 Å². The second-order valence-corrected chi connectivity index (χ2v) is 6.26. The quantitative estimate of drug-likeness (QED) is 0.888. The van der Waals surface area contributed by atoms with Crippen molar-refractivity contribution in [2.75, 3.05) is 13.1 Å². The highest BCUT2D eigenvalue weighted by Gasteiger charge is 2.23. The summed E-state index contributed by atoms with van der Waals surface area (Å²) in [4.78, 5) is 25.3. The van der Waals surface area contributed by atoms with Gasteiger partial charge in [0.1, 0.15) is 0 Å². The van der Waals surface area contributed by atoms with Crippen LogP contribution in [0.1, 0.15) is 25.3 Å². The van der Waals surface area contributed by atoms with E-state index in [0.717, 1.165) is 30.6 Å². The molecule has 7 heteroatoms. The van der Waals surface area contributed by atoms with Gasteiger partial charge in [0, 0.05) is 45.0 Å². The molecule has 2 aromatic rings. The van der Waals surface area contributed by atoms with Gasteiger partial charge in [0.2, 0.25) is 5.91 Å². The minimum absolute atomic E-state index is 0.0466. The van der Waals surface area contributed by atoms with Crippen LogP contribution in [0.5, 0.6) is 0 Å². The molecule has 0 aliphatic carbocycles. The highest BCUT2D eigenvalue weighted by molar-refractivity contribution is 5.75. The number of hydrogen-bond acceptors (Lipinski definition) is 3. The summed E-state index contributed by atoms with van der Waals surface area (Å²) in [6.45, 7) is 3.26. The summed E-state index contributed by atoms with van der Waals surface area (Å²) in [5.74, 6) is -0.0514. The summed E-state index contributed by atoms with van der Waals surface area (Å²) in [6, 6.07) is 9.74. The van der Waals surface area contributed by atoms with Crippen LogP contribution < -0.4 is 10.6 Å². The molecule has 0 radical (unpaired) electrons. The minimum atomic E-state index is -0.0915. The van der Waals surface area contributed by atoms with E-state index in [1.54, 1.807) is 15.8 Å². The fourth-order valence-corrected chi connectivity index (χ4v) is 3.04. The number of nitrogens with zero attached hydrogens (tertiary/aromatic N) is 3. The monoisotopic (exact) mass is 341 g/mol. The van der Waals surface area contributed by atoms with Gasteiger partial charge in [-0.3, -0.25) is 4.79 Å². The third kappa shape index (κ3) is 4.59. The Balaban J connectivity index is 1.51. The zero-order chi connectivity index (χ0) is 17.6. The second kappa shape index (κ2) is 7.83. The number of benzene rings is 1. The smallest absolute Gasteiger partial charge is 0.317 e. The van der Waals surface area contributed by atoms with E-state index in [1.165, 1.54) is 6.92 Å². The van der Waals surface area contributed by atoms with E-state index < -0.39 is 0 Å². The number of aromatic nitrogens is 2. The second-order valence-electron chi connectivity index (χ2n) is 6.26. The SMILES string of the molecule is CC(=O)N[C@H]1CCCN(C(=O)NCc2ccc(-n3cccn3)cc2)C1. The molecule has 1 fully saturated rings. The summed E-state index contributed by atoms with van der Waals surface area (Å²) in [7, 11) is 0. The average Bonchev–Trinajstić information content (AvgIpc) is 3.14. The molecule has 2 heterocycles. The third-order valence-corrected chi connectivity index (χ3v) is 4.27. The Morgan fingerprint density at radius 3 is 2.76 bits per heavy atom. The summed E-state index contributed by atoms with van der Waals surface area (Å²) >= 11 is 0. The molecule has 0 unspecified atom stereocenters. The van der Waals surface area contributed by atoms with Gasteiger partial charge in [-0.15, -0.1) is 0 Å². The van der Waals surface area contributed by atoms with Crippen molar-refractivity contribution in [2.45, 2.75) is 32.4 Å². The van der Waals surface area contributed by atoms with Crippen molar-refractivity contribution in [2.24, 2.45) is 0 Å². The number of amides is 3. The maximum absolute atomic E-state index is 12.3. The number of carbonyl (C=O) groups excluding carboxylic acids is 2. The topological polar surface area (TPSA) is 79.3 Å². The lowest BCUT2D eigenvalue weighted by molar-refractivity contribution is -0.119. The Bertz CT molecular complexity index is 712. The Morgan fingerprint density at radius 1 is 1.28 bits per heavy atom. The number of likely N-dealkylation sites (tertiary alicyclic amines) is 1. The Kier molecular flexibility index (Phi) is 5.33. The molecule has 3 amide bonds. The zero-order valence-electron chi connectivity index (χ0n) is 14.3. The molecule has 1 aliphatic heterocycles. The van der Waals surface area contributed by atoms with Crippen LogP contribution in [0.25, 0.3) is 5.69 Å². The highest BCUT2D eigenvalue weighted by atomic mass is 16.2. The number of rotatable bonds is 4. The number of urea groups is 1. The van der Waals surface area contributed by atoms with Crippen molar-refractivity contribution in [1.82, 2.24) is 25.3 Å². The van der Waals surface area contributed by atoms with Crippen molar-refractivity contribution < 1.29 is 9.59 Å². The van der Waals surface area contributed by atoms with Gasteiger partial charge in [-0.25, -0.2) is 9.48 Å². The van der Waals surface area contributed by atoms with E-state index in [2.05, 4.69) is 15.7 Å². The zero-order valence-corrected chi connectivity index (χ0v) is 14.3. The highest BCUT2D eigenvalue weighted by Crippen LogP contribution is 2.11. The van der Waals surface area contributed by atoms with Crippen LogP contribution in [0.3, 0.4) is 0 Å². The third-order valence-electron chi connectivity index (χ3n) is 4.27. The first-order valence-corrected chi connectivity index (χ1v) is 8.50. The predicted octanol–water partition coefficient (Wildman–Crippen LogP) is 1.68. The summed E-state index contributed by atoms with van der Waals surface area (Å²) < 4.78 is 1.79. The standard InChI is InChI=1S/C18H23N5O2/c1-14(24)21-16-4-2-10-22(13-16)18(25)19-12-15-5-7-17(8-6-15)23-11-3-9-20-23/h3,5-9,11,16H,2,4,10,12-13H2,1H3,(H,19,25)(H,21,24)/t16-/m0/s1. The molecule has 3 rings (SSSR count). The average molecular weight is 341 g/mol. The van der Waals surface area contributed by atoms with E-state index in [-0.39, 0.29) is 18.0 Å². The van der Waals surface area contributed by atoms with Gasteiger partial charge in [-0.1, -0.05) is 12.1 Å².